The van der Waals surface area contributed by atoms with Gasteiger partial charge in [-0.1, -0.05) is 12.1 Å². The molecule has 2 aromatic rings. The number of nitrogens with one attached hydrogen (secondary N) is 1. The summed E-state index contributed by atoms with van der Waals surface area (Å²) in [7, 11) is 1.72. The van der Waals surface area contributed by atoms with E-state index >= 15 is 0 Å². The van der Waals surface area contributed by atoms with Crippen molar-refractivity contribution in [3.05, 3.63) is 39.7 Å². The van der Waals surface area contributed by atoms with Gasteiger partial charge >= 0.3 is 0 Å². The third-order valence-electron chi connectivity index (χ3n) is 2.75. The van der Waals surface area contributed by atoms with Crippen LogP contribution >= 0.6 is 22.6 Å². The van der Waals surface area contributed by atoms with E-state index in [-0.39, 0.29) is 0 Å². The van der Waals surface area contributed by atoms with Crippen LogP contribution in [0.2, 0.25) is 0 Å². The zero-order valence-corrected chi connectivity index (χ0v) is 13.3. The van der Waals surface area contributed by atoms with Gasteiger partial charge in [0.15, 0.2) is 0 Å². The van der Waals surface area contributed by atoms with Gasteiger partial charge in [-0.15, -0.1) is 0 Å². The molecule has 0 bridgehead atoms. The fraction of sp³-hybridized carbons (Fsp3) is 0.357. The second-order valence-electron chi connectivity index (χ2n) is 4.30. The third kappa shape index (κ3) is 3.70. The van der Waals surface area contributed by atoms with Crippen molar-refractivity contribution < 1.29 is 4.74 Å². The van der Waals surface area contributed by atoms with E-state index in [1.807, 2.05) is 19.1 Å². The van der Waals surface area contributed by atoms with Gasteiger partial charge in [-0.2, -0.15) is 0 Å². The van der Waals surface area contributed by atoms with Gasteiger partial charge in [-0.25, -0.2) is 4.98 Å². The maximum absolute atomic E-state index is 5.05. The van der Waals surface area contributed by atoms with E-state index in [0.717, 1.165) is 36.9 Å². The number of hydrogen-bond acceptors (Lipinski definition) is 3. The molecule has 19 heavy (non-hydrogen) atoms. The molecule has 0 saturated heterocycles. The maximum Gasteiger partial charge on any atom is 0.207 e. The Morgan fingerprint density at radius 2 is 2.16 bits per heavy atom. The minimum absolute atomic E-state index is 0.759. The predicted molar refractivity (Wildman–Crippen MR) is 86.0 cm³/mol. The van der Waals surface area contributed by atoms with Crippen LogP contribution in [-0.4, -0.2) is 29.8 Å². The fourth-order valence-electron chi connectivity index (χ4n) is 1.87. The zero-order valence-electron chi connectivity index (χ0n) is 11.2. The average Bonchev–Trinajstić information content (AvgIpc) is 2.76. The summed E-state index contributed by atoms with van der Waals surface area (Å²) in [5.74, 6) is 0.887. The molecule has 0 spiro atoms. The van der Waals surface area contributed by atoms with Gasteiger partial charge in [0.2, 0.25) is 5.95 Å². The second kappa shape index (κ2) is 6.91. The first-order chi connectivity index (χ1) is 9.22. The molecule has 0 saturated carbocycles. The number of aryl methyl sites for hydroxylation is 1. The smallest absolute Gasteiger partial charge is 0.207 e. The van der Waals surface area contributed by atoms with Crippen LogP contribution in [0.5, 0.6) is 0 Å². The first kappa shape index (κ1) is 14.3. The maximum atomic E-state index is 5.05. The van der Waals surface area contributed by atoms with Crippen molar-refractivity contribution in [3.8, 4) is 5.69 Å². The number of hydrogen-bond donors (Lipinski definition) is 1. The van der Waals surface area contributed by atoms with Crippen LogP contribution in [0.25, 0.3) is 5.69 Å². The minimum atomic E-state index is 0.759. The highest BCUT2D eigenvalue weighted by Crippen LogP contribution is 2.21. The van der Waals surface area contributed by atoms with Gasteiger partial charge in [-0.3, -0.25) is 4.57 Å². The number of rotatable bonds is 6. The van der Waals surface area contributed by atoms with Crippen LogP contribution < -0.4 is 5.32 Å². The average molecular weight is 371 g/mol. The molecular weight excluding hydrogens is 353 g/mol. The Bertz CT molecular complexity index is 539. The van der Waals surface area contributed by atoms with E-state index in [1.54, 1.807) is 7.11 Å². The van der Waals surface area contributed by atoms with Crippen molar-refractivity contribution >= 4 is 28.5 Å². The van der Waals surface area contributed by atoms with E-state index in [0.29, 0.717) is 0 Å². The molecule has 0 aliphatic rings. The van der Waals surface area contributed by atoms with E-state index in [9.17, 15) is 0 Å². The van der Waals surface area contributed by atoms with E-state index in [2.05, 4.69) is 55.8 Å². The van der Waals surface area contributed by atoms with E-state index in [4.69, 9.17) is 4.74 Å². The van der Waals surface area contributed by atoms with Crippen molar-refractivity contribution in [2.45, 2.75) is 13.3 Å². The summed E-state index contributed by atoms with van der Waals surface area (Å²) in [6.07, 6.45) is 3.02. The summed E-state index contributed by atoms with van der Waals surface area (Å²) < 4.78 is 8.36. The van der Waals surface area contributed by atoms with Gasteiger partial charge in [0.25, 0.3) is 0 Å². The lowest BCUT2D eigenvalue weighted by molar-refractivity contribution is 0.197. The van der Waals surface area contributed by atoms with Crippen LogP contribution in [0.1, 0.15) is 12.1 Å². The number of ether oxygens (including phenoxy) is 1. The summed E-state index contributed by atoms with van der Waals surface area (Å²) in [4.78, 5) is 4.53. The minimum Gasteiger partial charge on any atom is -0.385 e. The molecule has 0 amide bonds. The highest BCUT2D eigenvalue weighted by atomic mass is 127. The first-order valence-corrected chi connectivity index (χ1v) is 7.34. The van der Waals surface area contributed by atoms with Crippen LogP contribution in [0, 0.1) is 10.5 Å². The summed E-state index contributed by atoms with van der Waals surface area (Å²) in [6.45, 7) is 3.62. The molecule has 2 rings (SSSR count). The second-order valence-corrected chi connectivity index (χ2v) is 5.46. The highest BCUT2D eigenvalue weighted by molar-refractivity contribution is 14.1. The molecule has 0 atom stereocenters. The van der Waals surface area contributed by atoms with Crippen molar-refractivity contribution in [2.75, 3.05) is 25.6 Å². The van der Waals surface area contributed by atoms with Gasteiger partial charge in [0, 0.05) is 30.0 Å². The van der Waals surface area contributed by atoms with Gasteiger partial charge in [-0.05, 0) is 48.1 Å². The molecular formula is C14H18IN3O. The highest BCUT2D eigenvalue weighted by Gasteiger charge is 2.09. The number of methoxy groups -OCH3 is 1. The Hall–Kier alpha value is -1.08. The monoisotopic (exact) mass is 371 g/mol. The third-order valence-corrected chi connectivity index (χ3v) is 3.66. The summed E-state index contributed by atoms with van der Waals surface area (Å²) in [6, 6.07) is 8.28. The van der Waals surface area contributed by atoms with Crippen LogP contribution in [0.15, 0.2) is 30.5 Å². The van der Waals surface area contributed by atoms with Crippen LogP contribution in [0.4, 0.5) is 5.95 Å². The van der Waals surface area contributed by atoms with Crippen molar-refractivity contribution in [3.63, 3.8) is 0 Å². The number of aromatic nitrogens is 2. The Morgan fingerprint density at radius 1 is 1.37 bits per heavy atom. The molecule has 4 nitrogen and oxygen atoms in total. The van der Waals surface area contributed by atoms with Crippen molar-refractivity contribution in [1.29, 1.82) is 0 Å². The molecule has 5 heteroatoms. The van der Waals surface area contributed by atoms with E-state index < -0.39 is 0 Å². The summed E-state index contributed by atoms with van der Waals surface area (Å²) in [5.41, 5.74) is 2.16. The van der Waals surface area contributed by atoms with Gasteiger partial charge in [0.1, 0.15) is 0 Å². The molecule has 0 radical (unpaired) electrons. The Balaban J connectivity index is 2.19. The lowest BCUT2D eigenvalue weighted by Crippen LogP contribution is -2.09. The Morgan fingerprint density at radius 3 is 2.89 bits per heavy atom. The largest absolute Gasteiger partial charge is 0.385 e. The molecule has 0 unspecified atom stereocenters. The molecule has 0 aliphatic carbocycles. The van der Waals surface area contributed by atoms with Gasteiger partial charge in [0.05, 0.1) is 11.4 Å². The summed E-state index contributed by atoms with van der Waals surface area (Å²) in [5, 5.41) is 3.36. The predicted octanol–water partition coefficient (Wildman–Crippen LogP) is 3.23. The molecule has 0 aliphatic heterocycles. The number of anilines is 1. The number of halogens is 1. The molecule has 1 aromatic heterocycles. The lowest BCUT2D eigenvalue weighted by Gasteiger charge is -2.11. The van der Waals surface area contributed by atoms with Crippen LogP contribution in [0.3, 0.4) is 0 Å². The summed E-state index contributed by atoms with van der Waals surface area (Å²) >= 11 is 2.34. The Kier molecular flexibility index (Phi) is 5.21. The Labute approximate surface area is 127 Å². The van der Waals surface area contributed by atoms with Gasteiger partial charge < -0.3 is 10.1 Å². The molecule has 1 N–H and O–H groups in total. The zero-order chi connectivity index (χ0) is 13.7. The molecule has 1 heterocycles. The molecule has 102 valence electrons. The van der Waals surface area contributed by atoms with Crippen molar-refractivity contribution in [2.24, 2.45) is 0 Å². The molecule has 1 aromatic carbocycles. The fourth-order valence-corrected chi connectivity index (χ4v) is 2.52. The van der Waals surface area contributed by atoms with E-state index in [1.165, 1.54) is 3.57 Å². The quantitative estimate of drug-likeness (QED) is 0.626. The topological polar surface area (TPSA) is 39.1 Å². The van der Waals surface area contributed by atoms with Crippen LogP contribution in [-0.2, 0) is 4.74 Å². The SMILES string of the molecule is COCCCNc1nc(C)cn1-c1ccccc1I. The number of para-hydroxylation sites is 1. The normalized spacial score (nSPS) is 10.7. The number of benzene rings is 1. The standard InChI is InChI=1S/C14H18IN3O/c1-11-10-18(13-7-4-3-6-12(13)15)14(17-11)16-8-5-9-19-2/h3-4,6-7,10H,5,8-9H2,1-2H3,(H,16,17). The molecule has 0 fully saturated rings. The lowest BCUT2D eigenvalue weighted by atomic mass is 10.3. The number of imidazole rings is 1. The number of nitrogens with zero attached hydrogens (tertiary/aromatic N) is 2. The van der Waals surface area contributed by atoms with Crippen molar-refractivity contribution in [1.82, 2.24) is 9.55 Å². The first-order valence-electron chi connectivity index (χ1n) is 6.26.